The van der Waals surface area contributed by atoms with Crippen LogP contribution in [0.25, 0.3) is 11.0 Å². The van der Waals surface area contributed by atoms with Crippen molar-refractivity contribution in [2.75, 3.05) is 42.3 Å². The number of hydrogen-bond acceptors (Lipinski definition) is 6. The smallest absolute Gasteiger partial charge is 1.00 e. The zero-order chi connectivity index (χ0) is 21.3. The summed E-state index contributed by atoms with van der Waals surface area (Å²) in [5.74, 6) is 0. The van der Waals surface area contributed by atoms with Crippen LogP contribution in [-0.4, -0.2) is 71.5 Å². The molecule has 0 atom stereocenters. The fourth-order valence-corrected chi connectivity index (χ4v) is 5.22. The molecular weight excluding hydrogens is 420 g/mol. The maximum absolute atomic E-state index is 10.7. The first-order valence-corrected chi connectivity index (χ1v) is 10.9. The molecule has 1 heterocycles. The Morgan fingerprint density at radius 3 is 1.70 bits per heavy atom. The van der Waals surface area contributed by atoms with E-state index < -0.39 is 15.8 Å². The number of nitrogens with zero attached hydrogens (tertiary/aromatic N) is 6. The third kappa shape index (κ3) is 7.34. The van der Waals surface area contributed by atoms with Crippen molar-refractivity contribution < 1.29 is 31.2 Å². The van der Waals surface area contributed by atoms with Gasteiger partial charge in [0.1, 0.15) is 11.0 Å². The Labute approximate surface area is 154 Å². The van der Waals surface area contributed by atoms with Gasteiger partial charge in [-0.1, -0.05) is 17.0 Å². The first kappa shape index (κ1) is 23.8. The zero-order valence-corrected chi connectivity index (χ0v) is 17.4. The number of aromatic nitrogens is 3. The monoisotopic (exact) mass is 443 g/mol. The van der Waals surface area contributed by atoms with Crippen LogP contribution in [0.15, 0.2) is 24.3 Å². The van der Waals surface area contributed by atoms with E-state index in [1.807, 2.05) is 66.6 Å². The predicted octanol–water partition coefficient (Wildman–Crippen LogP) is 4.72. The number of rotatable bonds is 5. The van der Waals surface area contributed by atoms with Crippen LogP contribution in [0.1, 0.15) is 1.43 Å². The summed E-state index contributed by atoms with van der Waals surface area (Å²) in [7, 11) is -0.761. The van der Waals surface area contributed by atoms with Gasteiger partial charge >= 0.3 is 34.4 Å². The number of fused-ring (bicyclic) bond motifs is 1. The van der Waals surface area contributed by atoms with Crippen LogP contribution in [0.2, 0.25) is 0 Å². The van der Waals surface area contributed by atoms with E-state index in [1.165, 1.54) is 4.85 Å². The summed E-state index contributed by atoms with van der Waals surface area (Å²) in [6, 6.07) is 7.76. The second kappa shape index (κ2) is 6.97. The number of para-hydroxylation sites is 1. The molecule has 0 amide bonds. The summed E-state index contributed by atoms with van der Waals surface area (Å²) in [6.45, 7) is 0. The molecule has 0 aliphatic carbocycles. The van der Waals surface area contributed by atoms with Crippen molar-refractivity contribution in [3.05, 3.63) is 24.3 Å². The van der Waals surface area contributed by atoms with Gasteiger partial charge in [-0.25, -0.2) is 14.0 Å². The summed E-state index contributed by atoms with van der Waals surface area (Å²) >= 11 is 0. The second-order valence-corrected chi connectivity index (χ2v) is 11.6. The van der Waals surface area contributed by atoms with E-state index in [9.17, 15) is 25.2 Å². The van der Waals surface area contributed by atoms with Crippen molar-refractivity contribution in [2.24, 2.45) is 0 Å². The molecule has 1 aromatic heterocycles. The minimum absolute atomic E-state index is 0. The molecule has 15 heteroatoms. The van der Waals surface area contributed by atoms with Crippen molar-refractivity contribution >= 4 is 26.8 Å². The first-order valence-electron chi connectivity index (χ1n) is 7.34. The third-order valence-electron chi connectivity index (χ3n) is 3.07. The van der Waals surface area contributed by atoms with Crippen LogP contribution in [0.5, 0.6) is 0 Å². The van der Waals surface area contributed by atoms with Crippen molar-refractivity contribution in [2.45, 2.75) is 0 Å². The van der Waals surface area contributed by atoms with Crippen LogP contribution < -0.4 is 4.62 Å². The molecule has 0 spiro atoms. The topological polar surface area (TPSA) is 49.7 Å². The summed E-state index contributed by atoms with van der Waals surface area (Å²) in [4.78, 5) is 1.52. The van der Waals surface area contributed by atoms with E-state index in [0.717, 1.165) is 11.0 Å². The first-order chi connectivity index (χ1) is 11.8. The number of hydrogen-bond donors (Lipinski definition) is 0. The van der Waals surface area contributed by atoms with Gasteiger partial charge in [0.2, 0.25) is 0 Å². The van der Waals surface area contributed by atoms with Gasteiger partial charge in [-0.15, -0.1) is 5.10 Å². The van der Waals surface area contributed by atoms with Crippen molar-refractivity contribution in [1.82, 2.24) is 29.2 Å². The van der Waals surface area contributed by atoms with E-state index in [0.29, 0.717) is 0 Å². The molecule has 159 valence electrons. The minimum Gasteiger partial charge on any atom is 1.00 e. The van der Waals surface area contributed by atoms with Gasteiger partial charge in [-0.05, 0) is 59.6 Å². The van der Waals surface area contributed by atoms with E-state index >= 15 is 0 Å². The molecule has 0 unspecified atom stereocenters. The Bertz CT molecular complexity index is 752. The Kier molecular flexibility index (Phi) is 6.13. The molecule has 0 aliphatic rings. The third-order valence-corrected chi connectivity index (χ3v) is 6.57. The Hall–Kier alpha value is -1.26. The van der Waals surface area contributed by atoms with E-state index in [2.05, 4.69) is 24.3 Å². The van der Waals surface area contributed by atoms with E-state index in [-0.39, 0.29) is 1.43 Å². The molecule has 2 rings (SSSR count). The molecule has 1 radical (unpaired) electrons. The quantitative estimate of drug-likeness (QED) is 0.493. The largest absolute Gasteiger partial charge is 1.00 e. The molecule has 27 heavy (non-hydrogen) atoms. The Balaban J connectivity index is 0.000000786. The van der Waals surface area contributed by atoms with Gasteiger partial charge in [-0.3, -0.25) is 0 Å². The summed E-state index contributed by atoms with van der Waals surface area (Å²) in [5.41, 5.74) is 1.68. The minimum atomic E-state index is -10.7. The average Bonchev–Trinajstić information content (AvgIpc) is 2.83. The van der Waals surface area contributed by atoms with Crippen molar-refractivity contribution in [3.8, 4) is 0 Å². The predicted molar refractivity (Wildman–Crippen MR) is 96.8 cm³/mol. The zero-order valence-electron chi connectivity index (χ0n) is 16.6. The van der Waals surface area contributed by atoms with Gasteiger partial charge in [0.15, 0.2) is 0 Å². The Morgan fingerprint density at radius 1 is 0.889 bits per heavy atom. The molecule has 1 aromatic carbocycles. The molecule has 0 saturated heterocycles. The summed E-state index contributed by atoms with van der Waals surface area (Å²) < 4.78 is 71.7. The second-order valence-electron chi connectivity index (χ2n) is 6.05. The number of halogens is 6. The van der Waals surface area contributed by atoms with Gasteiger partial charge in [-0.2, -0.15) is 0 Å². The molecule has 0 N–H and O–H groups in total. The molecule has 0 fully saturated rings. The molecule has 0 aliphatic heterocycles. The maximum Gasteiger partial charge on any atom is 1.00 e. The fraction of sp³-hybridized carbons (Fsp3) is 0.500. The fourth-order valence-electron chi connectivity index (χ4n) is 2.30. The normalized spacial score (nSPS) is 15.5. The van der Waals surface area contributed by atoms with Crippen molar-refractivity contribution in [3.63, 3.8) is 0 Å². The van der Waals surface area contributed by atoms with Gasteiger partial charge in [0.25, 0.3) is 7.94 Å². The van der Waals surface area contributed by atoms with Crippen LogP contribution in [0.4, 0.5) is 25.2 Å². The maximum atomic E-state index is 9.87. The number of benzene rings is 1. The standard InChI is InChI=1S/C12H22N6OP.F6P/c1-15(2)20(16(3)4,17(5)6)19-18-12-10-8-7-9-11(12)13-14-18;1-7(2,3,4,5)6/h7-10H,1-6H3;/q;-1/p+1. The average molecular weight is 443 g/mol. The van der Waals surface area contributed by atoms with Crippen LogP contribution in [0.3, 0.4) is 0 Å². The van der Waals surface area contributed by atoms with Crippen LogP contribution >= 0.6 is 15.8 Å². The molecular formula is C12H23F6N6OP2. The molecule has 7 nitrogen and oxygen atoms in total. The van der Waals surface area contributed by atoms with E-state index in [4.69, 9.17) is 4.62 Å². The molecule has 0 bridgehead atoms. The molecule has 0 saturated carbocycles. The van der Waals surface area contributed by atoms with Crippen LogP contribution in [0, 0.1) is 0 Å². The van der Waals surface area contributed by atoms with Gasteiger partial charge in [0.05, 0.1) is 0 Å². The van der Waals surface area contributed by atoms with Gasteiger partial charge in [0, 0.05) is 0 Å². The Morgan fingerprint density at radius 2 is 1.30 bits per heavy atom. The van der Waals surface area contributed by atoms with Gasteiger partial charge < -0.3 is 4.62 Å². The SMILES string of the molecule is CN(C)[P](On1nnc2ccccc21)(N(C)C)N(C)C.F[P-](F)(F)(F)(F)F.[H+]. The summed E-state index contributed by atoms with van der Waals surface area (Å²) in [5, 5.41) is 8.25. The van der Waals surface area contributed by atoms with Crippen molar-refractivity contribution in [1.29, 1.82) is 0 Å². The summed E-state index contributed by atoms with van der Waals surface area (Å²) in [6.07, 6.45) is 0. The molecule has 2 aromatic rings. The van der Waals surface area contributed by atoms with Crippen LogP contribution in [-0.2, 0) is 0 Å². The van der Waals surface area contributed by atoms with E-state index in [1.54, 1.807) is 0 Å².